The lowest BCUT2D eigenvalue weighted by Crippen LogP contribution is -2.25. The molecule has 1 atom stereocenters. The van der Waals surface area contributed by atoms with Gasteiger partial charge in [0.05, 0.1) is 19.3 Å². The van der Waals surface area contributed by atoms with Crippen LogP contribution in [0.25, 0.3) is 11.2 Å². The molecule has 1 unspecified atom stereocenters. The maximum absolute atomic E-state index is 12.1. The lowest BCUT2D eigenvalue weighted by atomic mass is 10.4. The molecule has 0 aliphatic rings. The van der Waals surface area contributed by atoms with E-state index in [1.54, 1.807) is 6.92 Å². The maximum Gasteiger partial charge on any atom is 0.350 e. The van der Waals surface area contributed by atoms with Crippen LogP contribution in [0.15, 0.2) is 4.79 Å². The van der Waals surface area contributed by atoms with Crippen LogP contribution in [0, 0.1) is 0 Å². The molecule has 2 heterocycles. The second-order valence-corrected chi connectivity index (χ2v) is 6.92. The Bertz CT molecular complexity index is 829. The molecular weight excluding hydrogens is 357 g/mol. The zero-order valence-corrected chi connectivity index (χ0v) is 14.3. The summed E-state index contributed by atoms with van der Waals surface area (Å²) in [5, 5.41) is 8.76. The Morgan fingerprint density at radius 2 is 2.12 bits per heavy atom. The molecule has 140 valence electrons. The summed E-state index contributed by atoms with van der Waals surface area (Å²) in [7, 11) is -4.30. The molecule has 0 radical (unpaired) electrons. The standard InChI is InChI=1S/C12H20N5O7P/c1-7(24-6-25(20,21)22)5-17-10-8(14-12(17)19)9(13)15-11(16-10)23-4-2-3-18/h7,18H,2-6H2,1H3,(H,14,19)(H2,13,15,16)(H2,20,21,22). The maximum atomic E-state index is 12.1. The van der Waals surface area contributed by atoms with Crippen LogP contribution in [-0.4, -0.2) is 60.1 Å². The minimum Gasteiger partial charge on any atom is -0.463 e. The monoisotopic (exact) mass is 377 g/mol. The van der Waals surface area contributed by atoms with Gasteiger partial charge in [-0.1, -0.05) is 0 Å². The van der Waals surface area contributed by atoms with E-state index in [9.17, 15) is 9.36 Å². The number of hydrogen-bond donors (Lipinski definition) is 5. The Hall–Kier alpha value is -1.98. The van der Waals surface area contributed by atoms with E-state index in [4.69, 9.17) is 30.1 Å². The van der Waals surface area contributed by atoms with Crippen molar-refractivity contribution >= 4 is 24.6 Å². The van der Waals surface area contributed by atoms with E-state index in [0.717, 1.165) is 0 Å². The van der Waals surface area contributed by atoms with Crippen molar-refractivity contribution < 1.29 is 28.9 Å². The first kappa shape index (κ1) is 19.3. The van der Waals surface area contributed by atoms with Crippen LogP contribution in [-0.2, 0) is 15.8 Å². The molecule has 0 aliphatic carbocycles. The number of ether oxygens (including phenoxy) is 2. The molecule has 6 N–H and O–H groups in total. The summed E-state index contributed by atoms with van der Waals surface area (Å²) in [5.41, 5.74) is 5.68. The van der Waals surface area contributed by atoms with Crippen molar-refractivity contribution in [3.63, 3.8) is 0 Å². The van der Waals surface area contributed by atoms with Gasteiger partial charge >= 0.3 is 19.3 Å². The third-order valence-corrected chi connectivity index (χ3v) is 3.62. The first-order chi connectivity index (χ1) is 11.7. The highest BCUT2D eigenvalue weighted by atomic mass is 31.2. The Morgan fingerprint density at radius 3 is 2.76 bits per heavy atom. The van der Waals surface area contributed by atoms with Crippen molar-refractivity contribution in [2.24, 2.45) is 0 Å². The van der Waals surface area contributed by atoms with Gasteiger partial charge in [0.15, 0.2) is 11.5 Å². The summed E-state index contributed by atoms with van der Waals surface area (Å²) < 4.78 is 22.4. The molecular formula is C12H20N5O7P. The molecule has 2 rings (SSSR count). The predicted octanol–water partition coefficient (Wildman–Crippen LogP) is -0.997. The van der Waals surface area contributed by atoms with Crippen molar-refractivity contribution in [3.8, 4) is 6.01 Å². The van der Waals surface area contributed by atoms with Crippen molar-refractivity contribution in [2.45, 2.75) is 26.0 Å². The quantitative estimate of drug-likeness (QED) is 0.268. The zero-order chi connectivity index (χ0) is 18.6. The molecule has 0 aromatic carbocycles. The third kappa shape index (κ3) is 5.25. The first-order valence-electron chi connectivity index (χ1n) is 7.37. The number of imidazole rings is 1. The number of fused-ring (bicyclic) bond motifs is 1. The van der Waals surface area contributed by atoms with Crippen molar-refractivity contribution in [1.82, 2.24) is 19.5 Å². The number of nitrogens with one attached hydrogen (secondary N) is 1. The number of aliphatic hydroxyl groups excluding tert-OH is 1. The minimum atomic E-state index is -4.30. The zero-order valence-electron chi connectivity index (χ0n) is 13.5. The van der Waals surface area contributed by atoms with E-state index in [1.165, 1.54) is 4.57 Å². The highest BCUT2D eigenvalue weighted by Crippen LogP contribution is 2.34. The summed E-state index contributed by atoms with van der Waals surface area (Å²) in [6.07, 6.45) is -1.04. The van der Waals surface area contributed by atoms with E-state index >= 15 is 0 Å². The SMILES string of the molecule is CC(Cn1c(=O)[nH]c2c(N)nc(OCCCO)nc21)OCP(=O)(O)O. The average Bonchev–Trinajstić information content (AvgIpc) is 2.82. The number of nitrogens with zero attached hydrogens (tertiary/aromatic N) is 3. The molecule has 0 amide bonds. The summed E-state index contributed by atoms with van der Waals surface area (Å²) in [6.45, 7) is 1.68. The fourth-order valence-corrected chi connectivity index (χ4v) is 2.48. The molecule has 13 heteroatoms. The number of aliphatic hydroxyl groups is 1. The topological polar surface area (TPSA) is 186 Å². The molecule has 0 fully saturated rings. The highest BCUT2D eigenvalue weighted by Gasteiger charge is 2.19. The molecule has 2 aromatic heterocycles. The number of nitrogen functional groups attached to an aromatic ring is 1. The van der Waals surface area contributed by atoms with Crippen LogP contribution in [0.2, 0.25) is 0 Å². The largest absolute Gasteiger partial charge is 0.463 e. The fraction of sp³-hybridized carbons (Fsp3) is 0.583. The molecule has 12 nitrogen and oxygen atoms in total. The molecule has 25 heavy (non-hydrogen) atoms. The lowest BCUT2D eigenvalue weighted by molar-refractivity contribution is 0.0758. The number of anilines is 1. The van der Waals surface area contributed by atoms with Gasteiger partial charge < -0.3 is 35.1 Å². The third-order valence-electron chi connectivity index (χ3n) is 3.13. The van der Waals surface area contributed by atoms with Crippen molar-refractivity contribution in [3.05, 3.63) is 10.5 Å². The Balaban J connectivity index is 2.25. The Morgan fingerprint density at radius 1 is 1.40 bits per heavy atom. The van der Waals surface area contributed by atoms with Crippen LogP contribution >= 0.6 is 7.60 Å². The van der Waals surface area contributed by atoms with Crippen molar-refractivity contribution in [1.29, 1.82) is 0 Å². The van der Waals surface area contributed by atoms with Gasteiger partial charge in [0.25, 0.3) is 0 Å². The molecule has 0 spiro atoms. The van der Waals surface area contributed by atoms with Gasteiger partial charge in [0.2, 0.25) is 0 Å². The summed E-state index contributed by atoms with van der Waals surface area (Å²) in [6, 6.07) is -0.0463. The van der Waals surface area contributed by atoms with Gasteiger partial charge in [-0.3, -0.25) is 9.13 Å². The van der Waals surface area contributed by atoms with Crippen LogP contribution in [0.4, 0.5) is 5.82 Å². The Labute approximate surface area is 141 Å². The van der Waals surface area contributed by atoms with Crippen LogP contribution in [0.1, 0.15) is 13.3 Å². The summed E-state index contributed by atoms with van der Waals surface area (Å²) in [5.74, 6) is 0.0173. The van der Waals surface area contributed by atoms with E-state index in [0.29, 0.717) is 6.42 Å². The second kappa shape index (κ2) is 7.93. The summed E-state index contributed by atoms with van der Waals surface area (Å²) >= 11 is 0. The lowest BCUT2D eigenvalue weighted by Gasteiger charge is -2.14. The fourth-order valence-electron chi connectivity index (χ4n) is 2.03. The number of aromatic amines is 1. The van der Waals surface area contributed by atoms with Gasteiger partial charge in [0, 0.05) is 13.0 Å². The van der Waals surface area contributed by atoms with Gasteiger partial charge in [-0.05, 0) is 6.92 Å². The molecule has 0 saturated carbocycles. The van der Waals surface area contributed by atoms with E-state index in [1.807, 2.05) is 0 Å². The highest BCUT2D eigenvalue weighted by molar-refractivity contribution is 7.51. The molecule has 0 bridgehead atoms. The number of nitrogens with two attached hydrogens (primary N) is 1. The Kier molecular flexibility index (Phi) is 6.14. The minimum absolute atomic E-state index is 0.00856. The van der Waals surface area contributed by atoms with E-state index < -0.39 is 25.7 Å². The van der Waals surface area contributed by atoms with E-state index in [2.05, 4.69) is 15.0 Å². The number of H-pyrrole nitrogens is 1. The average molecular weight is 377 g/mol. The number of hydrogen-bond acceptors (Lipinski definition) is 8. The molecule has 2 aromatic rings. The number of aromatic nitrogens is 4. The predicted molar refractivity (Wildman–Crippen MR) is 87.2 cm³/mol. The van der Waals surface area contributed by atoms with Crippen LogP contribution in [0.5, 0.6) is 6.01 Å². The summed E-state index contributed by atoms with van der Waals surface area (Å²) in [4.78, 5) is 40.3. The van der Waals surface area contributed by atoms with Gasteiger partial charge in [-0.15, -0.1) is 0 Å². The molecule has 0 saturated heterocycles. The van der Waals surface area contributed by atoms with Crippen molar-refractivity contribution in [2.75, 3.05) is 25.3 Å². The number of rotatable bonds is 9. The smallest absolute Gasteiger partial charge is 0.350 e. The van der Waals surface area contributed by atoms with Crippen LogP contribution in [0.3, 0.4) is 0 Å². The first-order valence-corrected chi connectivity index (χ1v) is 9.17. The molecule has 0 aliphatic heterocycles. The van der Waals surface area contributed by atoms with Gasteiger partial charge in [0.1, 0.15) is 11.9 Å². The van der Waals surface area contributed by atoms with Crippen LogP contribution < -0.4 is 16.2 Å². The van der Waals surface area contributed by atoms with Gasteiger partial charge in [-0.25, -0.2) is 4.79 Å². The second-order valence-electron chi connectivity index (χ2n) is 5.33. The van der Waals surface area contributed by atoms with E-state index in [-0.39, 0.29) is 42.8 Å². The normalized spacial score (nSPS) is 13.3. The van der Waals surface area contributed by atoms with Gasteiger partial charge in [-0.2, -0.15) is 9.97 Å².